The lowest BCUT2D eigenvalue weighted by molar-refractivity contribution is 0.0956. The highest BCUT2D eigenvalue weighted by Gasteiger charge is 2.31. The quantitative estimate of drug-likeness (QED) is 0.403. The van der Waals surface area contributed by atoms with Gasteiger partial charge in [0.25, 0.3) is 11.8 Å². The number of fused-ring (bicyclic) bond motifs is 1. The molecule has 2 aliphatic heterocycles. The lowest BCUT2D eigenvalue weighted by atomic mass is 10.0. The topological polar surface area (TPSA) is 119 Å². The molecule has 1 fully saturated rings. The van der Waals surface area contributed by atoms with E-state index in [1.54, 1.807) is 14.1 Å². The van der Waals surface area contributed by atoms with Gasteiger partial charge in [-0.1, -0.05) is 37.3 Å². The summed E-state index contributed by atoms with van der Waals surface area (Å²) in [6.07, 6.45) is 2.42. The molecule has 0 spiro atoms. The Morgan fingerprint density at radius 1 is 1.00 bits per heavy atom. The number of carbonyl (C=O) groups excluding carboxylic acids is 3. The van der Waals surface area contributed by atoms with E-state index in [-0.39, 0.29) is 10.5 Å². The number of imide groups is 1. The Hall–Kier alpha value is -3.58. The molecule has 5 rings (SSSR count). The van der Waals surface area contributed by atoms with Gasteiger partial charge in [-0.05, 0) is 60.6 Å². The number of urea groups is 1. The highest BCUT2D eigenvalue weighted by Crippen LogP contribution is 2.38. The largest absolute Gasteiger partial charge is 0.331 e. The van der Waals surface area contributed by atoms with E-state index >= 15 is 0 Å². The third kappa shape index (κ3) is 6.98. The van der Waals surface area contributed by atoms with Gasteiger partial charge >= 0.3 is 6.03 Å². The van der Waals surface area contributed by atoms with Crippen molar-refractivity contribution in [3.8, 4) is 0 Å². The second-order valence-corrected chi connectivity index (χ2v) is 14.4. The predicted molar refractivity (Wildman–Crippen MR) is 167 cm³/mol. The number of benzene rings is 2. The molecule has 10 nitrogen and oxygen atoms in total. The molecule has 1 atom stereocenters. The molecule has 3 heterocycles. The van der Waals surface area contributed by atoms with Crippen LogP contribution in [0.4, 0.5) is 9.80 Å². The van der Waals surface area contributed by atoms with Crippen LogP contribution < -0.4 is 10.6 Å². The van der Waals surface area contributed by atoms with Crippen molar-refractivity contribution >= 4 is 44.2 Å². The fourth-order valence-electron chi connectivity index (χ4n) is 5.50. The highest BCUT2D eigenvalue weighted by molar-refractivity contribution is 7.89. The molecule has 0 radical (unpaired) electrons. The fraction of sp³-hybridized carbons (Fsp3) is 0.387. The van der Waals surface area contributed by atoms with Crippen molar-refractivity contribution in [2.75, 3.05) is 39.0 Å². The van der Waals surface area contributed by atoms with Gasteiger partial charge in [0.2, 0.25) is 10.0 Å². The highest BCUT2D eigenvalue weighted by atomic mass is 32.2. The number of carbonyl (C=O) groups is 3. The molecule has 2 aromatic carbocycles. The second-order valence-electron chi connectivity index (χ2n) is 11.4. The van der Waals surface area contributed by atoms with E-state index in [0.717, 1.165) is 36.4 Å². The molecular formula is C31H37N5O5S2. The molecule has 0 bridgehead atoms. The number of hydrogen-bond donors (Lipinski definition) is 2. The van der Waals surface area contributed by atoms with Crippen LogP contribution in [0.3, 0.4) is 0 Å². The smallest absolute Gasteiger partial charge is 0.323 e. The van der Waals surface area contributed by atoms with Crippen molar-refractivity contribution in [2.24, 2.45) is 5.92 Å². The molecule has 43 heavy (non-hydrogen) atoms. The van der Waals surface area contributed by atoms with Gasteiger partial charge in [-0.25, -0.2) is 13.2 Å². The molecule has 2 aliphatic rings. The lowest BCUT2D eigenvalue weighted by Gasteiger charge is -2.30. The number of nitrogens with zero attached hydrogens (tertiary/aromatic N) is 3. The SMILES string of the molecule is CC1CCCN(S(=O)(=O)c2ccc(C(=O)Nc3sc4c(c3C(=O)NC(=O)N(C)C)CCN(Cc3ccccc3)C4)cc2)C1. The van der Waals surface area contributed by atoms with Crippen molar-refractivity contribution in [2.45, 2.75) is 44.2 Å². The molecule has 12 heteroatoms. The first kappa shape index (κ1) is 30.9. The van der Waals surface area contributed by atoms with Crippen LogP contribution in [0.5, 0.6) is 0 Å². The van der Waals surface area contributed by atoms with Crippen molar-refractivity contribution in [3.63, 3.8) is 0 Å². The van der Waals surface area contributed by atoms with E-state index in [9.17, 15) is 22.8 Å². The average molecular weight is 624 g/mol. The Morgan fingerprint density at radius 2 is 1.72 bits per heavy atom. The fourth-order valence-corrected chi connectivity index (χ4v) is 8.38. The molecule has 228 valence electrons. The van der Waals surface area contributed by atoms with Crippen molar-refractivity contribution in [1.29, 1.82) is 0 Å². The lowest BCUT2D eigenvalue weighted by Crippen LogP contribution is -2.39. The molecule has 4 amide bonds. The first-order valence-corrected chi connectivity index (χ1v) is 16.6. The van der Waals surface area contributed by atoms with E-state index in [4.69, 9.17) is 0 Å². The minimum absolute atomic E-state index is 0.144. The summed E-state index contributed by atoms with van der Waals surface area (Å²) in [5.74, 6) is -0.737. The number of anilines is 1. The van der Waals surface area contributed by atoms with Gasteiger partial charge in [0, 0.05) is 57.3 Å². The summed E-state index contributed by atoms with van der Waals surface area (Å²) in [5.41, 5.74) is 2.57. The number of nitrogens with one attached hydrogen (secondary N) is 2. The van der Waals surface area contributed by atoms with E-state index in [1.807, 2.05) is 25.1 Å². The van der Waals surface area contributed by atoms with Gasteiger partial charge in [-0.3, -0.25) is 19.8 Å². The van der Waals surface area contributed by atoms with Gasteiger partial charge < -0.3 is 10.2 Å². The summed E-state index contributed by atoms with van der Waals surface area (Å²) < 4.78 is 27.8. The maximum atomic E-state index is 13.4. The number of piperidine rings is 1. The van der Waals surface area contributed by atoms with E-state index < -0.39 is 27.9 Å². The maximum Gasteiger partial charge on any atom is 0.323 e. The third-order valence-electron chi connectivity index (χ3n) is 7.84. The van der Waals surface area contributed by atoms with Crippen LogP contribution in [0.2, 0.25) is 0 Å². The Morgan fingerprint density at radius 3 is 2.40 bits per heavy atom. The zero-order chi connectivity index (χ0) is 30.7. The van der Waals surface area contributed by atoms with Crippen molar-refractivity contribution in [3.05, 3.63) is 81.7 Å². The third-order valence-corrected chi connectivity index (χ3v) is 10.9. The van der Waals surface area contributed by atoms with Crippen LogP contribution in [-0.4, -0.2) is 74.1 Å². The van der Waals surface area contributed by atoms with Crippen LogP contribution in [0.25, 0.3) is 0 Å². The second kappa shape index (κ2) is 13.0. The van der Waals surface area contributed by atoms with Gasteiger partial charge in [-0.15, -0.1) is 11.3 Å². The number of sulfonamides is 1. The first-order valence-electron chi connectivity index (χ1n) is 14.4. The minimum atomic E-state index is -3.65. The summed E-state index contributed by atoms with van der Waals surface area (Å²) in [7, 11) is -0.558. The molecule has 0 saturated carbocycles. The number of hydrogen-bond acceptors (Lipinski definition) is 7. The van der Waals surface area contributed by atoms with Crippen LogP contribution in [0, 0.1) is 5.92 Å². The Balaban J connectivity index is 1.37. The first-order chi connectivity index (χ1) is 20.5. The predicted octanol–water partition coefficient (Wildman–Crippen LogP) is 4.39. The van der Waals surface area contributed by atoms with Gasteiger partial charge in [0.05, 0.1) is 10.5 Å². The van der Waals surface area contributed by atoms with E-state index in [1.165, 1.54) is 50.4 Å². The standard InChI is InChI=1S/C31H37N5O5S2/c1-21-8-7-16-36(18-21)43(40,41)24-13-11-23(12-14-24)28(37)32-30-27(29(38)33-31(39)34(2)3)25-15-17-35(20-26(25)42-30)19-22-9-5-4-6-10-22/h4-6,9-14,21H,7-8,15-20H2,1-3H3,(H,32,37)(H,33,38,39). The van der Waals surface area contributed by atoms with Crippen LogP contribution in [0.1, 0.15) is 56.5 Å². The Labute approximate surface area is 256 Å². The monoisotopic (exact) mass is 623 g/mol. The van der Waals surface area contributed by atoms with Crippen molar-refractivity contribution in [1.82, 2.24) is 19.4 Å². The summed E-state index contributed by atoms with van der Waals surface area (Å²) in [5, 5.41) is 5.65. The summed E-state index contributed by atoms with van der Waals surface area (Å²) in [6.45, 7) is 5.10. The van der Waals surface area contributed by atoms with Gasteiger partial charge in [0.1, 0.15) is 5.00 Å². The Kier molecular flexibility index (Phi) is 9.30. The summed E-state index contributed by atoms with van der Waals surface area (Å²) >= 11 is 1.33. The van der Waals surface area contributed by atoms with Crippen LogP contribution in [0.15, 0.2) is 59.5 Å². The number of amides is 4. The Bertz CT molecular complexity index is 1600. The summed E-state index contributed by atoms with van der Waals surface area (Å²) in [4.78, 5) is 43.7. The van der Waals surface area contributed by atoms with Crippen molar-refractivity contribution < 1.29 is 22.8 Å². The van der Waals surface area contributed by atoms with E-state index in [0.29, 0.717) is 42.5 Å². The maximum absolute atomic E-state index is 13.4. The van der Waals surface area contributed by atoms with E-state index in [2.05, 4.69) is 27.7 Å². The molecule has 0 aliphatic carbocycles. The van der Waals surface area contributed by atoms with Gasteiger partial charge in [0.15, 0.2) is 0 Å². The van der Waals surface area contributed by atoms with Gasteiger partial charge in [-0.2, -0.15) is 4.31 Å². The number of rotatable bonds is 7. The molecule has 3 aromatic rings. The molecule has 1 saturated heterocycles. The zero-order valence-electron chi connectivity index (χ0n) is 24.6. The molecular weight excluding hydrogens is 587 g/mol. The average Bonchev–Trinajstić information content (AvgIpc) is 3.34. The summed E-state index contributed by atoms with van der Waals surface area (Å²) in [6, 6.07) is 15.5. The number of thiophene rings is 1. The zero-order valence-corrected chi connectivity index (χ0v) is 26.3. The normalized spacial score (nSPS) is 17.6. The van der Waals surface area contributed by atoms with Crippen LogP contribution in [-0.2, 0) is 29.5 Å². The minimum Gasteiger partial charge on any atom is -0.331 e. The molecule has 2 N–H and O–H groups in total. The molecule has 1 aromatic heterocycles. The van der Waals surface area contributed by atoms with Crippen LogP contribution >= 0.6 is 11.3 Å². The molecule has 1 unspecified atom stereocenters.